The van der Waals surface area contributed by atoms with Crippen molar-refractivity contribution in [3.8, 4) is 5.75 Å². The van der Waals surface area contributed by atoms with E-state index in [0.29, 0.717) is 33.7 Å². The van der Waals surface area contributed by atoms with E-state index in [0.717, 1.165) is 11.3 Å². The van der Waals surface area contributed by atoms with Crippen LogP contribution in [0.5, 0.6) is 5.75 Å². The lowest BCUT2D eigenvalue weighted by Gasteiger charge is -2.23. The second-order valence-corrected chi connectivity index (χ2v) is 8.65. The number of Topliss-reactive ketones (excluding diaryl/α,β-unsaturated/α-hetero) is 1. The van der Waals surface area contributed by atoms with Crippen LogP contribution in [0.4, 0.5) is 9.52 Å². The third-order valence-electron chi connectivity index (χ3n) is 5.54. The van der Waals surface area contributed by atoms with Crippen LogP contribution in [0.1, 0.15) is 24.1 Å². The smallest absolute Gasteiger partial charge is 0.301 e. The maximum atomic E-state index is 13.8. The molecular weight excluding hydrogens is 455 g/mol. The van der Waals surface area contributed by atoms with Gasteiger partial charge in [-0.1, -0.05) is 53.8 Å². The van der Waals surface area contributed by atoms with E-state index in [9.17, 15) is 19.1 Å². The Labute approximate surface area is 198 Å². The van der Waals surface area contributed by atoms with Gasteiger partial charge in [-0.3, -0.25) is 14.5 Å². The van der Waals surface area contributed by atoms with Crippen molar-refractivity contribution in [2.45, 2.75) is 13.0 Å². The zero-order chi connectivity index (χ0) is 23.8. The molecule has 1 unspecified atom stereocenters. The van der Waals surface area contributed by atoms with Gasteiger partial charge in [0.25, 0.3) is 5.78 Å². The van der Waals surface area contributed by atoms with Crippen LogP contribution in [0, 0.1) is 5.82 Å². The number of fused-ring (bicyclic) bond motifs is 1. The molecule has 8 heteroatoms. The summed E-state index contributed by atoms with van der Waals surface area (Å²) in [6, 6.07) is 18.8. The number of aliphatic hydroxyl groups excluding tert-OH is 1. The molecule has 1 amide bonds. The van der Waals surface area contributed by atoms with Crippen molar-refractivity contribution in [1.82, 2.24) is 4.98 Å². The quantitative estimate of drug-likeness (QED) is 0.236. The molecule has 6 nitrogen and oxygen atoms in total. The summed E-state index contributed by atoms with van der Waals surface area (Å²) >= 11 is 1.11. The fraction of sp³-hybridized carbons (Fsp3) is 0.115. The lowest BCUT2D eigenvalue weighted by molar-refractivity contribution is -0.132. The number of thiazole rings is 1. The Balaban J connectivity index is 1.70. The van der Waals surface area contributed by atoms with Crippen molar-refractivity contribution < 1.29 is 23.8 Å². The first-order valence-corrected chi connectivity index (χ1v) is 11.4. The number of halogens is 1. The van der Waals surface area contributed by atoms with Gasteiger partial charge in [0.15, 0.2) is 5.13 Å². The van der Waals surface area contributed by atoms with Gasteiger partial charge < -0.3 is 9.84 Å². The van der Waals surface area contributed by atoms with Crippen LogP contribution in [0.15, 0.2) is 78.4 Å². The summed E-state index contributed by atoms with van der Waals surface area (Å²) in [5.41, 5.74) is 1.50. The van der Waals surface area contributed by atoms with Crippen LogP contribution >= 0.6 is 11.3 Å². The number of aliphatic hydroxyl groups is 1. The Morgan fingerprint density at radius 3 is 2.53 bits per heavy atom. The van der Waals surface area contributed by atoms with Gasteiger partial charge in [-0.15, -0.1) is 0 Å². The number of hydrogen-bond donors (Lipinski definition) is 1. The van der Waals surface area contributed by atoms with E-state index in [1.54, 1.807) is 54.6 Å². The zero-order valence-electron chi connectivity index (χ0n) is 18.1. The molecule has 5 rings (SSSR count). The summed E-state index contributed by atoms with van der Waals surface area (Å²) in [5.74, 6) is -1.67. The number of aromatic nitrogens is 1. The van der Waals surface area contributed by atoms with Crippen molar-refractivity contribution in [2.24, 2.45) is 0 Å². The Kier molecular flexibility index (Phi) is 5.59. The molecule has 4 aromatic rings. The molecular formula is C26H19FN2O4S. The van der Waals surface area contributed by atoms with Crippen LogP contribution in [0.3, 0.4) is 0 Å². The van der Waals surface area contributed by atoms with Crippen molar-refractivity contribution in [3.63, 3.8) is 0 Å². The van der Waals surface area contributed by atoms with Gasteiger partial charge in [-0.05, 0) is 42.8 Å². The van der Waals surface area contributed by atoms with Gasteiger partial charge in [0, 0.05) is 5.56 Å². The summed E-state index contributed by atoms with van der Waals surface area (Å²) in [4.78, 5) is 32.2. The third kappa shape index (κ3) is 3.72. The molecule has 1 fully saturated rings. The summed E-state index contributed by atoms with van der Waals surface area (Å²) in [6.45, 7) is 2.37. The molecule has 1 aromatic heterocycles. The van der Waals surface area contributed by atoms with Crippen molar-refractivity contribution in [2.75, 3.05) is 11.5 Å². The monoisotopic (exact) mass is 474 g/mol. The van der Waals surface area contributed by atoms with E-state index in [1.165, 1.54) is 23.1 Å². The number of ketones is 1. The van der Waals surface area contributed by atoms with E-state index >= 15 is 0 Å². The van der Waals surface area contributed by atoms with Crippen molar-refractivity contribution in [1.29, 1.82) is 0 Å². The van der Waals surface area contributed by atoms with Gasteiger partial charge >= 0.3 is 5.91 Å². The minimum absolute atomic E-state index is 0.0363. The Bertz CT molecular complexity index is 1430. The first kappa shape index (κ1) is 21.8. The largest absolute Gasteiger partial charge is 0.507 e. The molecule has 0 saturated carbocycles. The van der Waals surface area contributed by atoms with Crippen molar-refractivity contribution in [3.05, 3.63) is 95.3 Å². The highest BCUT2D eigenvalue weighted by molar-refractivity contribution is 7.22. The van der Waals surface area contributed by atoms with Gasteiger partial charge in [-0.2, -0.15) is 0 Å². The van der Waals surface area contributed by atoms with Gasteiger partial charge in [-0.25, -0.2) is 9.37 Å². The molecule has 2 heterocycles. The summed E-state index contributed by atoms with van der Waals surface area (Å²) in [5, 5.41) is 11.4. The minimum atomic E-state index is -0.915. The molecule has 0 spiro atoms. The van der Waals surface area contributed by atoms with Crippen LogP contribution < -0.4 is 9.64 Å². The number of rotatable bonds is 5. The summed E-state index contributed by atoms with van der Waals surface area (Å²) < 4.78 is 19.8. The van der Waals surface area contributed by atoms with E-state index in [2.05, 4.69) is 4.98 Å². The molecule has 170 valence electrons. The highest BCUT2D eigenvalue weighted by Crippen LogP contribution is 2.44. The van der Waals surface area contributed by atoms with Gasteiger partial charge in [0.05, 0.1) is 28.4 Å². The van der Waals surface area contributed by atoms with Crippen LogP contribution in [0.25, 0.3) is 16.0 Å². The Morgan fingerprint density at radius 1 is 1.09 bits per heavy atom. The third-order valence-corrected chi connectivity index (χ3v) is 6.56. The number of anilines is 1. The van der Waals surface area contributed by atoms with E-state index in [-0.39, 0.29) is 16.5 Å². The van der Waals surface area contributed by atoms with E-state index < -0.39 is 23.5 Å². The summed E-state index contributed by atoms with van der Waals surface area (Å²) in [7, 11) is 0. The van der Waals surface area contributed by atoms with Crippen LogP contribution in [-0.2, 0) is 9.59 Å². The fourth-order valence-corrected chi connectivity index (χ4v) is 5.02. The average Bonchev–Trinajstić information content (AvgIpc) is 3.37. The number of nitrogens with zero attached hydrogens (tertiary/aromatic N) is 2. The standard InChI is InChI=1S/C26H19FN2O4S/c1-2-33-18-11-8-15(9-12-18)22-21(23(30)16-6-4-3-5-7-16)24(31)25(32)29(22)26-28-19-13-10-17(27)14-20(19)34-26/h3-14,22,30H,2H2,1H3. The summed E-state index contributed by atoms with van der Waals surface area (Å²) in [6.07, 6.45) is 0. The molecule has 34 heavy (non-hydrogen) atoms. The highest BCUT2D eigenvalue weighted by Gasteiger charge is 2.48. The maximum absolute atomic E-state index is 13.8. The number of hydrogen-bond acceptors (Lipinski definition) is 6. The SMILES string of the molecule is CCOc1ccc(C2C(=C(O)c3ccccc3)C(=O)C(=O)N2c2nc3ccc(F)cc3s2)cc1. The molecule has 1 aliphatic heterocycles. The first-order valence-electron chi connectivity index (χ1n) is 10.6. The second-order valence-electron chi connectivity index (χ2n) is 7.65. The molecule has 1 aliphatic rings. The topological polar surface area (TPSA) is 79.7 Å². The Hall–Kier alpha value is -4.04. The molecule has 1 N–H and O–H groups in total. The molecule has 0 aliphatic carbocycles. The number of benzene rings is 3. The molecule has 0 bridgehead atoms. The van der Waals surface area contributed by atoms with Gasteiger partial charge in [0.1, 0.15) is 17.3 Å². The molecule has 1 atom stereocenters. The predicted octanol–water partition coefficient (Wildman–Crippen LogP) is 5.46. The highest BCUT2D eigenvalue weighted by atomic mass is 32.1. The number of carbonyl (C=O) groups excluding carboxylic acids is 2. The maximum Gasteiger partial charge on any atom is 0.301 e. The predicted molar refractivity (Wildman–Crippen MR) is 128 cm³/mol. The van der Waals surface area contributed by atoms with E-state index in [1.807, 2.05) is 6.92 Å². The number of amides is 1. The van der Waals surface area contributed by atoms with Crippen molar-refractivity contribution >= 4 is 44.1 Å². The first-order chi connectivity index (χ1) is 16.5. The number of ether oxygens (including phenoxy) is 1. The van der Waals surface area contributed by atoms with Crippen LogP contribution in [-0.4, -0.2) is 28.4 Å². The minimum Gasteiger partial charge on any atom is -0.507 e. The molecule has 0 radical (unpaired) electrons. The zero-order valence-corrected chi connectivity index (χ0v) is 18.9. The number of carbonyl (C=O) groups is 2. The molecule has 3 aromatic carbocycles. The van der Waals surface area contributed by atoms with Crippen LogP contribution in [0.2, 0.25) is 0 Å². The lowest BCUT2D eigenvalue weighted by Crippen LogP contribution is -2.29. The Morgan fingerprint density at radius 2 is 1.82 bits per heavy atom. The van der Waals surface area contributed by atoms with Gasteiger partial charge in [0.2, 0.25) is 0 Å². The second kappa shape index (κ2) is 8.72. The fourth-order valence-electron chi connectivity index (χ4n) is 4.00. The lowest BCUT2D eigenvalue weighted by atomic mass is 9.95. The van der Waals surface area contributed by atoms with E-state index in [4.69, 9.17) is 4.74 Å². The normalized spacial score (nSPS) is 17.5. The molecule has 1 saturated heterocycles. The average molecular weight is 475 g/mol.